The van der Waals surface area contributed by atoms with E-state index in [1.54, 1.807) is 0 Å². The van der Waals surface area contributed by atoms with Gasteiger partial charge in [-0.2, -0.15) is 5.26 Å². The van der Waals surface area contributed by atoms with Crippen molar-refractivity contribution in [2.75, 3.05) is 0 Å². The van der Waals surface area contributed by atoms with Gasteiger partial charge in [-0.25, -0.2) is 0 Å². The van der Waals surface area contributed by atoms with E-state index in [0.29, 0.717) is 0 Å². The summed E-state index contributed by atoms with van der Waals surface area (Å²) >= 11 is 0. The number of hydrogen-bond acceptors (Lipinski definition) is 2. The van der Waals surface area contributed by atoms with Crippen LogP contribution < -0.4 is 0 Å². The molecule has 1 heterocycles. The Kier molecular flexibility index (Phi) is 9.23. The van der Waals surface area contributed by atoms with Crippen molar-refractivity contribution in [1.82, 2.24) is 4.98 Å². The Morgan fingerprint density at radius 2 is 1.52 bits per heavy atom. The van der Waals surface area contributed by atoms with Crippen molar-refractivity contribution >= 4 is 10.9 Å². The second-order valence-corrected chi connectivity index (χ2v) is 7.39. The molecule has 0 bridgehead atoms. The zero-order valence-corrected chi connectivity index (χ0v) is 17.8. The lowest BCUT2D eigenvalue weighted by molar-refractivity contribution is 0.626. The van der Waals surface area contributed by atoms with Gasteiger partial charge in [0.15, 0.2) is 0 Å². The van der Waals surface area contributed by atoms with Gasteiger partial charge in [0.1, 0.15) is 0 Å². The number of hydrogen-bond donors (Lipinski definition) is 0. The predicted octanol–water partition coefficient (Wildman–Crippen LogP) is 7.08. The van der Waals surface area contributed by atoms with Crippen LogP contribution in [0.1, 0.15) is 55.1 Å². The summed E-state index contributed by atoms with van der Waals surface area (Å²) in [6, 6.07) is 18.3. The van der Waals surface area contributed by atoms with Crippen LogP contribution in [-0.4, -0.2) is 4.98 Å². The third-order valence-corrected chi connectivity index (χ3v) is 4.23. The lowest BCUT2D eigenvalue weighted by atomic mass is 10.1. The van der Waals surface area contributed by atoms with Gasteiger partial charge in [-0.3, -0.25) is 4.98 Å². The highest BCUT2D eigenvalue weighted by Gasteiger charge is 1.96. The molecule has 0 spiro atoms. The summed E-state index contributed by atoms with van der Waals surface area (Å²) in [7, 11) is 0. The molecule has 0 N–H and O–H groups in total. The molecule has 3 rings (SSSR count). The molecular weight excluding hydrogens is 328 g/mol. The molecule has 1 aromatic heterocycles. The van der Waals surface area contributed by atoms with Gasteiger partial charge in [0.2, 0.25) is 0 Å². The van der Waals surface area contributed by atoms with Crippen molar-refractivity contribution in [2.24, 2.45) is 5.92 Å². The van der Waals surface area contributed by atoms with Crippen LogP contribution in [0.25, 0.3) is 10.9 Å². The Hall–Kier alpha value is -2.66. The Morgan fingerprint density at radius 3 is 2.04 bits per heavy atom. The molecule has 0 amide bonds. The average molecular weight is 361 g/mol. The minimum atomic E-state index is 0.748. The minimum absolute atomic E-state index is 0.748. The Morgan fingerprint density at radius 1 is 0.926 bits per heavy atom. The smallest absolute Gasteiger partial charge is 0.0991 e. The molecule has 27 heavy (non-hydrogen) atoms. The molecular formula is C25H32N2. The highest BCUT2D eigenvalue weighted by molar-refractivity contribution is 5.81. The van der Waals surface area contributed by atoms with Gasteiger partial charge in [0.25, 0.3) is 0 Å². The van der Waals surface area contributed by atoms with E-state index in [2.05, 4.69) is 69.1 Å². The number of para-hydroxylation sites is 1. The van der Waals surface area contributed by atoms with Crippen LogP contribution in [0.3, 0.4) is 0 Å². The number of rotatable bonds is 1. The molecule has 0 saturated heterocycles. The summed E-state index contributed by atoms with van der Waals surface area (Å²) < 4.78 is 0. The third kappa shape index (κ3) is 8.05. The summed E-state index contributed by atoms with van der Waals surface area (Å²) in [6.07, 6.45) is 1.31. The Labute approximate surface area is 164 Å². The quantitative estimate of drug-likeness (QED) is 0.465. The fourth-order valence-electron chi connectivity index (χ4n) is 2.43. The van der Waals surface area contributed by atoms with Crippen molar-refractivity contribution in [3.05, 3.63) is 76.5 Å². The standard InChI is InChI=1S/C11H11N.C9H9N.C5H12/c1-8-4-3-5-10-7-6-9(2)12-11(8)10;1-7-3-8(2)5-9(4-7)6-10;1-4-5(2)3/h3-7H,1-2H3;3-5H,1-2H3;5H,4H2,1-3H3. The maximum Gasteiger partial charge on any atom is 0.0991 e. The van der Waals surface area contributed by atoms with Gasteiger partial charge >= 0.3 is 0 Å². The number of benzene rings is 2. The van der Waals surface area contributed by atoms with Crippen molar-refractivity contribution in [3.63, 3.8) is 0 Å². The summed E-state index contributed by atoms with van der Waals surface area (Å²) in [4.78, 5) is 4.48. The van der Waals surface area contributed by atoms with Gasteiger partial charge in [-0.1, -0.05) is 57.5 Å². The lowest BCUT2D eigenvalue weighted by Gasteiger charge is -2.00. The summed E-state index contributed by atoms with van der Waals surface area (Å²) in [6.45, 7) is 14.7. The molecule has 0 aliphatic rings. The highest BCUT2D eigenvalue weighted by Crippen LogP contribution is 2.15. The number of aromatic nitrogens is 1. The molecule has 2 nitrogen and oxygen atoms in total. The number of nitrogens with zero attached hydrogens (tertiary/aromatic N) is 2. The molecule has 0 aliphatic carbocycles. The first-order valence-electron chi connectivity index (χ1n) is 9.58. The first-order chi connectivity index (χ1) is 12.8. The van der Waals surface area contributed by atoms with Crippen LogP contribution in [0, 0.1) is 44.9 Å². The van der Waals surface area contributed by atoms with E-state index in [4.69, 9.17) is 5.26 Å². The molecule has 2 heteroatoms. The normalized spacial score (nSPS) is 9.74. The lowest BCUT2D eigenvalue weighted by Crippen LogP contribution is -1.85. The molecule has 0 fully saturated rings. The fourth-order valence-corrected chi connectivity index (χ4v) is 2.43. The molecule has 0 unspecified atom stereocenters. The van der Waals surface area contributed by atoms with Gasteiger partial charge in [0, 0.05) is 11.1 Å². The molecule has 0 radical (unpaired) electrons. The van der Waals surface area contributed by atoms with Crippen LogP contribution in [0.2, 0.25) is 0 Å². The topological polar surface area (TPSA) is 36.7 Å². The number of nitriles is 1. The highest BCUT2D eigenvalue weighted by atomic mass is 14.7. The van der Waals surface area contributed by atoms with E-state index in [-0.39, 0.29) is 0 Å². The largest absolute Gasteiger partial charge is 0.253 e. The van der Waals surface area contributed by atoms with Crippen LogP contribution in [-0.2, 0) is 0 Å². The van der Waals surface area contributed by atoms with E-state index in [9.17, 15) is 0 Å². The second kappa shape index (κ2) is 11.1. The van der Waals surface area contributed by atoms with Crippen LogP contribution >= 0.6 is 0 Å². The summed E-state index contributed by atoms with van der Waals surface area (Å²) in [5.74, 6) is 0.884. The van der Waals surface area contributed by atoms with Gasteiger partial charge < -0.3 is 0 Å². The average Bonchev–Trinajstić information content (AvgIpc) is 2.62. The predicted molar refractivity (Wildman–Crippen MR) is 117 cm³/mol. The first-order valence-corrected chi connectivity index (χ1v) is 9.58. The van der Waals surface area contributed by atoms with E-state index in [1.807, 2.05) is 39.0 Å². The monoisotopic (exact) mass is 360 g/mol. The number of pyridine rings is 1. The van der Waals surface area contributed by atoms with Crippen molar-refractivity contribution in [3.8, 4) is 6.07 Å². The molecule has 0 atom stereocenters. The van der Waals surface area contributed by atoms with E-state index in [0.717, 1.165) is 33.8 Å². The number of aryl methyl sites for hydroxylation is 4. The van der Waals surface area contributed by atoms with Gasteiger partial charge in [-0.15, -0.1) is 0 Å². The maximum atomic E-state index is 8.54. The number of fused-ring (bicyclic) bond motifs is 1. The van der Waals surface area contributed by atoms with Gasteiger partial charge in [0.05, 0.1) is 17.1 Å². The maximum absolute atomic E-state index is 8.54. The zero-order valence-electron chi connectivity index (χ0n) is 17.8. The van der Waals surface area contributed by atoms with E-state index in [1.165, 1.54) is 17.4 Å². The first kappa shape index (κ1) is 22.4. The fraction of sp³-hybridized carbons (Fsp3) is 0.360. The van der Waals surface area contributed by atoms with E-state index >= 15 is 0 Å². The minimum Gasteiger partial charge on any atom is -0.253 e. The molecule has 2 aromatic carbocycles. The molecule has 3 aromatic rings. The Bertz CT molecular complexity index is 882. The van der Waals surface area contributed by atoms with Crippen LogP contribution in [0.5, 0.6) is 0 Å². The van der Waals surface area contributed by atoms with Crippen molar-refractivity contribution < 1.29 is 0 Å². The molecule has 142 valence electrons. The van der Waals surface area contributed by atoms with Crippen LogP contribution in [0.15, 0.2) is 48.5 Å². The Balaban J connectivity index is 0.000000221. The third-order valence-electron chi connectivity index (χ3n) is 4.23. The van der Waals surface area contributed by atoms with E-state index < -0.39 is 0 Å². The summed E-state index contributed by atoms with van der Waals surface area (Å²) in [5.41, 5.74) is 6.50. The molecule has 0 aliphatic heterocycles. The van der Waals surface area contributed by atoms with Crippen molar-refractivity contribution in [1.29, 1.82) is 5.26 Å². The second-order valence-electron chi connectivity index (χ2n) is 7.39. The molecule has 0 saturated carbocycles. The SMILES string of the molecule is CCC(C)C.Cc1cc(C)cc(C#N)c1.Cc1ccc2cccc(C)c2n1. The van der Waals surface area contributed by atoms with Crippen LogP contribution in [0.4, 0.5) is 0 Å². The van der Waals surface area contributed by atoms with Gasteiger partial charge in [-0.05, 0) is 68.5 Å². The zero-order chi connectivity index (χ0) is 20.4. The van der Waals surface area contributed by atoms with Crippen molar-refractivity contribution in [2.45, 2.75) is 54.9 Å². The summed E-state index contributed by atoms with van der Waals surface area (Å²) in [5, 5.41) is 9.76.